The predicted octanol–water partition coefficient (Wildman–Crippen LogP) is 3.67. The molecule has 1 heterocycles. The highest BCUT2D eigenvalue weighted by molar-refractivity contribution is 4.85. The van der Waals surface area contributed by atoms with Gasteiger partial charge in [0.05, 0.1) is 0 Å². The quantitative estimate of drug-likeness (QED) is 0.817. The van der Waals surface area contributed by atoms with Gasteiger partial charge in [0.1, 0.15) is 0 Å². The summed E-state index contributed by atoms with van der Waals surface area (Å²) in [6, 6.07) is 1.57. The zero-order valence-electron chi connectivity index (χ0n) is 13.3. The van der Waals surface area contributed by atoms with E-state index in [1.54, 1.807) is 0 Å². The number of nitrogens with zero attached hydrogens (tertiary/aromatic N) is 1. The molecule has 0 spiro atoms. The highest BCUT2D eigenvalue weighted by Gasteiger charge is 2.26. The van der Waals surface area contributed by atoms with Crippen LogP contribution in [0.3, 0.4) is 0 Å². The molecule has 19 heavy (non-hydrogen) atoms. The van der Waals surface area contributed by atoms with Crippen molar-refractivity contribution in [2.45, 2.75) is 77.8 Å². The zero-order chi connectivity index (χ0) is 13.7. The minimum absolute atomic E-state index is 0.761. The van der Waals surface area contributed by atoms with Crippen LogP contribution >= 0.6 is 0 Å². The van der Waals surface area contributed by atoms with Gasteiger partial charge in [0, 0.05) is 18.6 Å². The highest BCUT2D eigenvalue weighted by atomic mass is 15.2. The first-order valence-corrected chi connectivity index (χ1v) is 8.65. The normalized spacial score (nSPS) is 33.8. The Balaban J connectivity index is 1.75. The molecule has 0 aromatic rings. The zero-order valence-corrected chi connectivity index (χ0v) is 13.3. The Morgan fingerprint density at radius 3 is 2.63 bits per heavy atom. The molecule has 2 heteroatoms. The van der Waals surface area contributed by atoms with E-state index in [0.717, 1.165) is 23.9 Å². The van der Waals surface area contributed by atoms with E-state index in [2.05, 4.69) is 31.0 Å². The van der Waals surface area contributed by atoms with E-state index in [-0.39, 0.29) is 0 Å². The number of nitrogens with one attached hydrogen (secondary N) is 1. The SMILES string of the molecule is CCN1CCCC(NC2CCCC(CC(C)C)C2)C1. The van der Waals surface area contributed by atoms with E-state index in [1.165, 1.54) is 64.6 Å². The van der Waals surface area contributed by atoms with Crippen molar-refractivity contribution >= 4 is 0 Å². The van der Waals surface area contributed by atoms with Crippen molar-refractivity contribution in [1.82, 2.24) is 10.2 Å². The van der Waals surface area contributed by atoms with Crippen molar-refractivity contribution < 1.29 is 0 Å². The van der Waals surface area contributed by atoms with Crippen molar-refractivity contribution in [3.63, 3.8) is 0 Å². The summed E-state index contributed by atoms with van der Waals surface area (Å²) < 4.78 is 0. The Morgan fingerprint density at radius 1 is 1.11 bits per heavy atom. The van der Waals surface area contributed by atoms with Gasteiger partial charge in [0.15, 0.2) is 0 Å². The molecule has 3 atom stereocenters. The van der Waals surface area contributed by atoms with Crippen LogP contribution in [0.4, 0.5) is 0 Å². The molecule has 0 radical (unpaired) electrons. The van der Waals surface area contributed by atoms with Crippen molar-refractivity contribution in [2.24, 2.45) is 11.8 Å². The Labute approximate surface area is 120 Å². The minimum Gasteiger partial charge on any atom is -0.310 e. The van der Waals surface area contributed by atoms with E-state index in [4.69, 9.17) is 0 Å². The van der Waals surface area contributed by atoms with Gasteiger partial charge >= 0.3 is 0 Å². The van der Waals surface area contributed by atoms with Gasteiger partial charge in [-0.2, -0.15) is 0 Å². The Hall–Kier alpha value is -0.0800. The van der Waals surface area contributed by atoms with E-state index in [1.807, 2.05) is 0 Å². The molecule has 2 rings (SSSR count). The maximum absolute atomic E-state index is 3.98. The Kier molecular flexibility index (Phi) is 6.15. The largest absolute Gasteiger partial charge is 0.310 e. The number of likely N-dealkylation sites (N-methyl/N-ethyl adjacent to an activating group) is 1. The first-order chi connectivity index (χ1) is 9.17. The molecule has 2 nitrogen and oxygen atoms in total. The third kappa shape index (κ3) is 5.07. The lowest BCUT2D eigenvalue weighted by atomic mass is 9.80. The number of hydrogen-bond acceptors (Lipinski definition) is 2. The summed E-state index contributed by atoms with van der Waals surface area (Å²) in [5.74, 6) is 1.85. The van der Waals surface area contributed by atoms with Crippen LogP contribution in [-0.4, -0.2) is 36.6 Å². The lowest BCUT2D eigenvalue weighted by molar-refractivity contribution is 0.169. The fraction of sp³-hybridized carbons (Fsp3) is 1.00. The maximum atomic E-state index is 3.98. The van der Waals surface area contributed by atoms with Crippen LogP contribution in [0.25, 0.3) is 0 Å². The summed E-state index contributed by atoms with van der Waals surface area (Å²) in [4.78, 5) is 2.61. The molecule has 3 unspecified atom stereocenters. The van der Waals surface area contributed by atoms with Gasteiger partial charge in [-0.1, -0.05) is 33.6 Å². The molecule has 0 aromatic carbocycles. The summed E-state index contributed by atoms with van der Waals surface area (Å²) in [5.41, 5.74) is 0. The van der Waals surface area contributed by atoms with Gasteiger partial charge in [0.25, 0.3) is 0 Å². The van der Waals surface area contributed by atoms with Crippen molar-refractivity contribution in [3.8, 4) is 0 Å². The topological polar surface area (TPSA) is 15.3 Å². The van der Waals surface area contributed by atoms with Crippen LogP contribution in [0.15, 0.2) is 0 Å². The Morgan fingerprint density at radius 2 is 1.89 bits per heavy atom. The summed E-state index contributed by atoms with van der Waals surface area (Å²) in [6.45, 7) is 10.9. The lowest BCUT2D eigenvalue weighted by Crippen LogP contribution is -2.50. The summed E-state index contributed by atoms with van der Waals surface area (Å²) in [5, 5.41) is 3.98. The van der Waals surface area contributed by atoms with Crippen molar-refractivity contribution in [3.05, 3.63) is 0 Å². The fourth-order valence-electron chi connectivity index (χ4n) is 4.14. The van der Waals surface area contributed by atoms with E-state index < -0.39 is 0 Å². The van der Waals surface area contributed by atoms with Crippen LogP contribution in [-0.2, 0) is 0 Å². The van der Waals surface area contributed by atoms with Gasteiger partial charge in [-0.3, -0.25) is 0 Å². The van der Waals surface area contributed by atoms with E-state index in [0.29, 0.717) is 0 Å². The number of rotatable bonds is 5. The van der Waals surface area contributed by atoms with Crippen LogP contribution in [0.5, 0.6) is 0 Å². The maximum Gasteiger partial charge on any atom is 0.0198 e. The molecule has 1 N–H and O–H groups in total. The average molecular weight is 266 g/mol. The fourth-order valence-corrected chi connectivity index (χ4v) is 4.14. The second kappa shape index (κ2) is 7.64. The van der Waals surface area contributed by atoms with Gasteiger partial charge < -0.3 is 10.2 Å². The molecule has 1 saturated carbocycles. The molecule has 2 aliphatic rings. The van der Waals surface area contributed by atoms with Crippen LogP contribution in [0.1, 0.15) is 65.7 Å². The highest BCUT2D eigenvalue weighted by Crippen LogP contribution is 2.30. The third-order valence-electron chi connectivity index (χ3n) is 5.01. The molecule has 112 valence electrons. The third-order valence-corrected chi connectivity index (χ3v) is 5.01. The molecule has 0 aromatic heterocycles. The van der Waals surface area contributed by atoms with Crippen LogP contribution < -0.4 is 5.32 Å². The standard InChI is InChI=1S/C17H34N2/c1-4-19-10-6-9-17(13-19)18-16-8-5-7-15(12-16)11-14(2)3/h14-18H,4-13H2,1-3H3. The summed E-state index contributed by atoms with van der Waals surface area (Å²) in [7, 11) is 0. The van der Waals surface area contributed by atoms with Crippen molar-refractivity contribution in [1.29, 1.82) is 0 Å². The van der Waals surface area contributed by atoms with Gasteiger partial charge in [0.2, 0.25) is 0 Å². The molecule has 0 amide bonds. The first-order valence-electron chi connectivity index (χ1n) is 8.65. The first kappa shape index (κ1) is 15.3. The van der Waals surface area contributed by atoms with Crippen LogP contribution in [0.2, 0.25) is 0 Å². The number of likely N-dealkylation sites (tertiary alicyclic amines) is 1. The Bertz CT molecular complexity index is 252. The smallest absolute Gasteiger partial charge is 0.0198 e. The average Bonchev–Trinajstić information content (AvgIpc) is 2.38. The van der Waals surface area contributed by atoms with E-state index >= 15 is 0 Å². The number of hydrogen-bond donors (Lipinski definition) is 1. The number of piperidine rings is 1. The second-order valence-corrected chi connectivity index (χ2v) is 7.26. The molecular formula is C17H34N2. The molecule has 0 bridgehead atoms. The summed E-state index contributed by atoms with van der Waals surface area (Å²) in [6.07, 6.45) is 9.97. The molecule has 1 aliphatic carbocycles. The lowest BCUT2D eigenvalue weighted by Gasteiger charge is -2.37. The molecule has 1 aliphatic heterocycles. The monoisotopic (exact) mass is 266 g/mol. The second-order valence-electron chi connectivity index (χ2n) is 7.26. The summed E-state index contributed by atoms with van der Waals surface area (Å²) >= 11 is 0. The minimum atomic E-state index is 0.761. The van der Waals surface area contributed by atoms with Crippen LogP contribution in [0, 0.1) is 11.8 Å². The molecule has 1 saturated heterocycles. The van der Waals surface area contributed by atoms with Gasteiger partial charge in [-0.15, -0.1) is 0 Å². The van der Waals surface area contributed by atoms with Gasteiger partial charge in [-0.25, -0.2) is 0 Å². The molecular weight excluding hydrogens is 232 g/mol. The van der Waals surface area contributed by atoms with Gasteiger partial charge in [-0.05, 0) is 57.0 Å². The van der Waals surface area contributed by atoms with E-state index in [9.17, 15) is 0 Å². The van der Waals surface area contributed by atoms with Crippen molar-refractivity contribution in [2.75, 3.05) is 19.6 Å². The molecule has 2 fully saturated rings. The predicted molar refractivity (Wildman–Crippen MR) is 83.5 cm³/mol.